The summed E-state index contributed by atoms with van der Waals surface area (Å²) in [4.78, 5) is 45.6. The minimum atomic E-state index is -0.605. The van der Waals surface area contributed by atoms with Crippen molar-refractivity contribution in [2.75, 3.05) is 26.7 Å². The predicted molar refractivity (Wildman–Crippen MR) is 125 cm³/mol. The first-order chi connectivity index (χ1) is 15.4. The van der Waals surface area contributed by atoms with E-state index < -0.39 is 11.7 Å². The molecule has 0 radical (unpaired) electrons. The van der Waals surface area contributed by atoms with Gasteiger partial charge in [-0.15, -0.1) is 0 Å². The second-order valence-corrected chi connectivity index (χ2v) is 7.15. The van der Waals surface area contributed by atoms with E-state index in [9.17, 15) is 14.4 Å². The van der Waals surface area contributed by atoms with Crippen LogP contribution in [0.5, 0.6) is 0 Å². The molecule has 1 saturated heterocycles. The predicted octanol–water partition coefficient (Wildman–Crippen LogP) is 2.61. The maximum absolute atomic E-state index is 12.8. The molecule has 1 aliphatic rings. The van der Waals surface area contributed by atoms with Crippen molar-refractivity contribution < 1.29 is 14.4 Å². The number of amides is 2. The topological polar surface area (TPSA) is 95.0 Å². The number of Topliss-reactive ketones (excluding diaryl/α,β-unsaturated/α-hetero) is 1. The number of piperazine rings is 1. The van der Waals surface area contributed by atoms with Crippen LogP contribution in [-0.4, -0.2) is 70.8 Å². The minimum Gasteiger partial charge on any atom is -0.335 e. The Hall–Kier alpha value is -3.55. The molecular formula is C24H31N5O3. The van der Waals surface area contributed by atoms with E-state index in [0.717, 1.165) is 0 Å². The Morgan fingerprint density at radius 1 is 1.03 bits per heavy atom. The van der Waals surface area contributed by atoms with Crippen LogP contribution in [0.1, 0.15) is 54.1 Å². The van der Waals surface area contributed by atoms with Crippen LogP contribution in [0, 0.1) is 0 Å². The summed E-state index contributed by atoms with van der Waals surface area (Å²) < 4.78 is 0. The zero-order chi connectivity index (χ0) is 23.7. The number of hydrazone groups is 1. The third-order valence-corrected chi connectivity index (χ3v) is 5.07. The summed E-state index contributed by atoms with van der Waals surface area (Å²) in [5.41, 5.74) is 4.83. The van der Waals surface area contributed by atoms with Crippen LogP contribution in [0.4, 0.5) is 0 Å². The van der Waals surface area contributed by atoms with Gasteiger partial charge in [0.25, 0.3) is 17.6 Å². The highest BCUT2D eigenvalue weighted by molar-refractivity contribution is 6.42. The molecule has 1 aromatic heterocycles. The lowest BCUT2D eigenvalue weighted by molar-refractivity contribution is -0.130. The third-order valence-electron chi connectivity index (χ3n) is 5.07. The van der Waals surface area contributed by atoms with Gasteiger partial charge < -0.3 is 15.2 Å². The molecule has 1 fully saturated rings. The lowest BCUT2D eigenvalue weighted by Gasteiger charge is -2.39. The molecule has 1 aromatic carbocycles. The van der Waals surface area contributed by atoms with Gasteiger partial charge in [-0.2, -0.15) is 5.10 Å². The average molecular weight is 438 g/mol. The number of carbonyl (C=O) groups excluding carboxylic acids is 3. The van der Waals surface area contributed by atoms with E-state index in [2.05, 4.69) is 15.5 Å². The second-order valence-electron chi connectivity index (χ2n) is 7.15. The molecule has 2 heterocycles. The number of rotatable bonds is 5. The SMILES string of the molecule is CC.CN/N=C(\C)c1ccc(C(=O)C(=O)N2CCN(C(=O)c3ccccc3)CC2C)cn1. The number of hydrogen-bond acceptors (Lipinski definition) is 6. The zero-order valence-corrected chi connectivity index (χ0v) is 19.3. The van der Waals surface area contributed by atoms with Crippen molar-refractivity contribution >= 4 is 23.3 Å². The zero-order valence-electron chi connectivity index (χ0n) is 19.3. The van der Waals surface area contributed by atoms with Crippen molar-refractivity contribution in [3.63, 3.8) is 0 Å². The molecular weight excluding hydrogens is 406 g/mol. The molecule has 8 nitrogen and oxygen atoms in total. The number of aromatic nitrogens is 1. The van der Waals surface area contributed by atoms with Crippen molar-refractivity contribution in [2.24, 2.45) is 5.10 Å². The van der Waals surface area contributed by atoms with Gasteiger partial charge in [-0.3, -0.25) is 19.4 Å². The standard InChI is InChI=1S/C22H25N5O3.C2H6/c1-15-14-26(21(29)17-7-5-4-6-8-17)11-12-27(15)22(30)20(28)18-9-10-19(24-13-18)16(2)25-23-3;1-2/h4-10,13,15,23H,11-12,14H2,1-3H3;1-2H3/b25-16+;. The summed E-state index contributed by atoms with van der Waals surface area (Å²) in [5.74, 6) is -1.25. The number of carbonyl (C=O) groups is 3. The number of benzene rings is 1. The normalized spacial score (nSPS) is 16.0. The largest absolute Gasteiger partial charge is 0.335 e. The third kappa shape index (κ3) is 5.78. The van der Waals surface area contributed by atoms with E-state index in [0.29, 0.717) is 36.6 Å². The van der Waals surface area contributed by atoms with Gasteiger partial charge >= 0.3 is 0 Å². The van der Waals surface area contributed by atoms with Crippen molar-refractivity contribution in [3.05, 3.63) is 65.5 Å². The van der Waals surface area contributed by atoms with Crippen LogP contribution in [0.15, 0.2) is 53.8 Å². The molecule has 1 N–H and O–H groups in total. The minimum absolute atomic E-state index is 0.0701. The molecule has 1 aliphatic heterocycles. The van der Waals surface area contributed by atoms with Gasteiger partial charge in [0.15, 0.2) is 0 Å². The van der Waals surface area contributed by atoms with E-state index in [1.54, 1.807) is 43.1 Å². The Kier molecular flexibility index (Phi) is 9.07. The first kappa shape index (κ1) is 24.7. The highest BCUT2D eigenvalue weighted by atomic mass is 16.2. The second kappa shape index (κ2) is 11.7. The number of ketones is 1. The maximum Gasteiger partial charge on any atom is 0.295 e. The molecule has 0 bridgehead atoms. The summed E-state index contributed by atoms with van der Waals surface area (Å²) in [6.07, 6.45) is 1.39. The summed E-state index contributed by atoms with van der Waals surface area (Å²) in [7, 11) is 1.69. The summed E-state index contributed by atoms with van der Waals surface area (Å²) in [6, 6.07) is 12.0. The van der Waals surface area contributed by atoms with Crippen LogP contribution in [0.25, 0.3) is 0 Å². The molecule has 1 atom stereocenters. The fraction of sp³-hybridized carbons (Fsp3) is 0.375. The van der Waals surface area contributed by atoms with E-state index in [4.69, 9.17) is 0 Å². The van der Waals surface area contributed by atoms with Crippen LogP contribution in [-0.2, 0) is 4.79 Å². The highest BCUT2D eigenvalue weighted by Crippen LogP contribution is 2.15. The molecule has 8 heteroatoms. The van der Waals surface area contributed by atoms with Gasteiger partial charge in [0.2, 0.25) is 0 Å². The van der Waals surface area contributed by atoms with Crippen molar-refractivity contribution in [1.82, 2.24) is 20.2 Å². The Bertz CT molecular complexity index is 957. The van der Waals surface area contributed by atoms with Crippen LogP contribution >= 0.6 is 0 Å². The number of hydrogen-bond donors (Lipinski definition) is 1. The van der Waals surface area contributed by atoms with E-state index in [-0.39, 0.29) is 17.5 Å². The molecule has 2 amide bonds. The summed E-state index contributed by atoms with van der Waals surface area (Å²) >= 11 is 0. The van der Waals surface area contributed by atoms with Gasteiger partial charge in [-0.1, -0.05) is 32.0 Å². The van der Waals surface area contributed by atoms with Gasteiger partial charge in [-0.25, -0.2) is 0 Å². The van der Waals surface area contributed by atoms with Crippen LogP contribution < -0.4 is 5.43 Å². The van der Waals surface area contributed by atoms with Crippen molar-refractivity contribution in [3.8, 4) is 0 Å². The van der Waals surface area contributed by atoms with E-state index >= 15 is 0 Å². The highest BCUT2D eigenvalue weighted by Gasteiger charge is 2.33. The van der Waals surface area contributed by atoms with Crippen LogP contribution in [0.2, 0.25) is 0 Å². The van der Waals surface area contributed by atoms with Gasteiger partial charge in [0.05, 0.1) is 11.4 Å². The molecule has 0 aliphatic carbocycles. The number of nitrogens with zero attached hydrogens (tertiary/aromatic N) is 4. The molecule has 1 unspecified atom stereocenters. The fourth-order valence-electron chi connectivity index (χ4n) is 3.43. The molecule has 32 heavy (non-hydrogen) atoms. The van der Waals surface area contributed by atoms with Crippen LogP contribution in [0.3, 0.4) is 0 Å². The lowest BCUT2D eigenvalue weighted by atomic mass is 10.1. The Morgan fingerprint density at radius 2 is 1.72 bits per heavy atom. The molecule has 0 spiro atoms. The maximum atomic E-state index is 12.8. The van der Waals surface area contributed by atoms with Crippen molar-refractivity contribution in [2.45, 2.75) is 33.7 Å². The van der Waals surface area contributed by atoms with E-state index in [1.165, 1.54) is 11.1 Å². The average Bonchev–Trinajstić information content (AvgIpc) is 2.84. The first-order valence-corrected chi connectivity index (χ1v) is 10.8. The quantitative estimate of drug-likeness (QED) is 0.336. The fourth-order valence-corrected chi connectivity index (χ4v) is 3.43. The molecule has 2 aromatic rings. The Labute approximate surface area is 189 Å². The Balaban J connectivity index is 0.00000176. The summed E-state index contributed by atoms with van der Waals surface area (Å²) in [5, 5.41) is 4.04. The van der Waals surface area contributed by atoms with Gasteiger partial charge in [-0.05, 0) is 38.1 Å². The first-order valence-electron chi connectivity index (χ1n) is 10.8. The molecule has 3 rings (SSSR count). The lowest BCUT2D eigenvalue weighted by Crippen LogP contribution is -2.56. The van der Waals surface area contributed by atoms with Gasteiger partial charge in [0, 0.05) is 50.0 Å². The summed E-state index contributed by atoms with van der Waals surface area (Å²) in [6.45, 7) is 8.71. The van der Waals surface area contributed by atoms with E-state index in [1.807, 2.05) is 39.0 Å². The number of nitrogens with one attached hydrogen (secondary N) is 1. The smallest absolute Gasteiger partial charge is 0.295 e. The van der Waals surface area contributed by atoms with Crippen molar-refractivity contribution in [1.29, 1.82) is 0 Å². The van der Waals surface area contributed by atoms with Gasteiger partial charge in [0.1, 0.15) is 0 Å². The Morgan fingerprint density at radius 3 is 2.28 bits per heavy atom. The number of pyridine rings is 1. The molecule has 170 valence electrons. The molecule has 0 saturated carbocycles. The monoisotopic (exact) mass is 437 g/mol.